The summed E-state index contributed by atoms with van der Waals surface area (Å²) >= 11 is 0. The van der Waals surface area contributed by atoms with Gasteiger partial charge in [0.05, 0.1) is 23.4 Å². The fraction of sp³-hybridized carbons (Fsp3) is 0.167. The molecular weight excluding hydrogens is 365 g/mol. The standard InChI is InChI=1S/C24H20FN3O/c25-20-11-9-17(10-12-20)24(29)28-14-19-6-2-1-5-18(19)13-21(28)15-27-16-26-22-7-3-4-8-23(22)27/h1-12,16,21H,13-15H2. The largest absolute Gasteiger partial charge is 0.329 e. The molecule has 0 radical (unpaired) electrons. The molecule has 1 unspecified atom stereocenters. The first-order valence-corrected chi connectivity index (χ1v) is 9.72. The van der Waals surface area contributed by atoms with E-state index in [0.29, 0.717) is 18.7 Å². The van der Waals surface area contributed by atoms with Gasteiger partial charge in [0.1, 0.15) is 5.82 Å². The maximum absolute atomic E-state index is 13.3. The molecule has 0 saturated heterocycles. The first-order valence-electron chi connectivity index (χ1n) is 9.72. The lowest BCUT2D eigenvalue weighted by atomic mass is 9.93. The SMILES string of the molecule is O=C(c1ccc(F)cc1)N1Cc2ccccc2CC1Cn1cnc2ccccc21. The van der Waals surface area contributed by atoms with Crippen molar-refractivity contribution in [1.82, 2.24) is 14.5 Å². The number of carbonyl (C=O) groups excluding carboxylic acids is 1. The maximum atomic E-state index is 13.3. The lowest BCUT2D eigenvalue weighted by Gasteiger charge is -2.37. The number of imidazole rings is 1. The number of hydrogen-bond acceptors (Lipinski definition) is 2. The molecule has 0 aliphatic carbocycles. The summed E-state index contributed by atoms with van der Waals surface area (Å²) in [6, 6.07) is 22.0. The Hall–Kier alpha value is -3.47. The number of nitrogens with zero attached hydrogens (tertiary/aromatic N) is 3. The van der Waals surface area contributed by atoms with Gasteiger partial charge in [0.2, 0.25) is 0 Å². The van der Waals surface area contributed by atoms with Gasteiger partial charge in [-0.25, -0.2) is 9.37 Å². The number of hydrogen-bond donors (Lipinski definition) is 0. The lowest BCUT2D eigenvalue weighted by molar-refractivity contribution is 0.0620. The van der Waals surface area contributed by atoms with E-state index in [4.69, 9.17) is 0 Å². The number of fused-ring (bicyclic) bond motifs is 2. The van der Waals surface area contributed by atoms with E-state index >= 15 is 0 Å². The summed E-state index contributed by atoms with van der Waals surface area (Å²) in [6.45, 7) is 1.20. The minimum Gasteiger partial charge on any atom is -0.329 e. The molecule has 1 amide bonds. The van der Waals surface area contributed by atoms with Gasteiger partial charge in [-0.2, -0.15) is 0 Å². The van der Waals surface area contributed by atoms with Gasteiger partial charge in [0.25, 0.3) is 5.91 Å². The summed E-state index contributed by atoms with van der Waals surface area (Å²) < 4.78 is 15.4. The van der Waals surface area contributed by atoms with E-state index in [2.05, 4.69) is 21.7 Å². The van der Waals surface area contributed by atoms with E-state index in [1.54, 1.807) is 12.1 Å². The molecule has 1 aromatic heterocycles. The molecule has 144 valence electrons. The van der Waals surface area contributed by atoms with Crippen LogP contribution in [0.4, 0.5) is 4.39 Å². The summed E-state index contributed by atoms with van der Waals surface area (Å²) in [5, 5.41) is 0. The second kappa shape index (κ2) is 7.17. The highest BCUT2D eigenvalue weighted by molar-refractivity contribution is 5.94. The smallest absolute Gasteiger partial charge is 0.254 e. The molecule has 29 heavy (non-hydrogen) atoms. The predicted octanol–water partition coefficient (Wildman–Crippen LogP) is 4.44. The maximum Gasteiger partial charge on any atom is 0.254 e. The number of para-hydroxylation sites is 2. The van der Waals surface area contributed by atoms with Crippen molar-refractivity contribution in [2.75, 3.05) is 0 Å². The van der Waals surface area contributed by atoms with E-state index in [0.717, 1.165) is 23.0 Å². The number of carbonyl (C=O) groups is 1. The van der Waals surface area contributed by atoms with Crippen LogP contribution in [0.5, 0.6) is 0 Å². The Balaban J connectivity index is 1.51. The fourth-order valence-corrected chi connectivity index (χ4v) is 4.13. The molecule has 0 bridgehead atoms. The van der Waals surface area contributed by atoms with Crippen molar-refractivity contribution in [3.05, 3.63) is 102 Å². The van der Waals surface area contributed by atoms with Crippen LogP contribution in [0.2, 0.25) is 0 Å². The topological polar surface area (TPSA) is 38.1 Å². The molecule has 5 rings (SSSR count). The van der Waals surface area contributed by atoms with Crippen LogP contribution in [0.1, 0.15) is 21.5 Å². The number of rotatable bonds is 3. The van der Waals surface area contributed by atoms with Gasteiger partial charge in [-0.1, -0.05) is 36.4 Å². The van der Waals surface area contributed by atoms with E-state index in [1.807, 2.05) is 47.6 Å². The summed E-state index contributed by atoms with van der Waals surface area (Å²) in [5.74, 6) is -0.416. The van der Waals surface area contributed by atoms with Gasteiger partial charge in [-0.05, 0) is 53.9 Å². The summed E-state index contributed by atoms with van der Waals surface area (Å²) in [6.07, 6.45) is 2.61. The second-order valence-electron chi connectivity index (χ2n) is 7.45. The van der Waals surface area contributed by atoms with E-state index in [1.165, 1.54) is 17.7 Å². The minimum atomic E-state index is -0.341. The third kappa shape index (κ3) is 3.29. The first kappa shape index (κ1) is 17.6. The molecule has 1 aliphatic heterocycles. The van der Waals surface area contributed by atoms with Crippen molar-refractivity contribution >= 4 is 16.9 Å². The zero-order valence-corrected chi connectivity index (χ0v) is 15.8. The normalized spacial score (nSPS) is 16.0. The highest BCUT2D eigenvalue weighted by Crippen LogP contribution is 2.27. The van der Waals surface area contributed by atoms with Gasteiger partial charge in [0.15, 0.2) is 0 Å². The Bertz CT molecular complexity index is 1180. The van der Waals surface area contributed by atoms with Gasteiger partial charge in [0, 0.05) is 18.7 Å². The zero-order chi connectivity index (χ0) is 19.8. The van der Waals surface area contributed by atoms with Crippen LogP contribution in [-0.4, -0.2) is 26.4 Å². The molecule has 4 nitrogen and oxygen atoms in total. The molecule has 5 heteroatoms. The molecule has 0 saturated carbocycles. The molecule has 0 fully saturated rings. The van der Waals surface area contributed by atoms with Crippen molar-refractivity contribution in [3.8, 4) is 0 Å². The van der Waals surface area contributed by atoms with Crippen LogP contribution < -0.4 is 0 Å². The number of halogens is 1. The molecule has 0 N–H and O–H groups in total. The van der Waals surface area contributed by atoms with Gasteiger partial charge >= 0.3 is 0 Å². The van der Waals surface area contributed by atoms with Crippen LogP contribution >= 0.6 is 0 Å². The summed E-state index contributed by atoms with van der Waals surface area (Å²) in [5.41, 5.74) is 4.94. The predicted molar refractivity (Wildman–Crippen MR) is 110 cm³/mol. The first-order chi connectivity index (χ1) is 14.2. The average Bonchev–Trinajstić information content (AvgIpc) is 3.16. The molecule has 3 aromatic carbocycles. The third-order valence-electron chi connectivity index (χ3n) is 5.64. The third-order valence-corrected chi connectivity index (χ3v) is 5.64. The molecule has 1 atom stereocenters. The van der Waals surface area contributed by atoms with Gasteiger partial charge < -0.3 is 9.47 Å². The molecular formula is C24H20FN3O. The highest BCUT2D eigenvalue weighted by atomic mass is 19.1. The molecule has 4 aromatic rings. The van der Waals surface area contributed by atoms with Gasteiger partial charge in [-0.3, -0.25) is 4.79 Å². The molecule has 1 aliphatic rings. The van der Waals surface area contributed by atoms with Crippen molar-refractivity contribution in [1.29, 1.82) is 0 Å². The Morgan fingerprint density at radius 1 is 0.966 bits per heavy atom. The second-order valence-corrected chi connectivity index (χ2v) is 7.45. The van der Waals surface area contributed by atoms with Crippen molar-refractivity contribution in [3.63, 3.8) is 0 Å². The lowest BCUT2D eigenvalue weighted by Crippen LogP contribution is -2.46. The van der Waals surface area contributed by atoms with E-state index in [9.17, 15) is 9.18 Å². The number of benzene rings is 3. The Morgan fingerprint density at radius 2 is 1.69 bits per heavy atom. The number of aromatic nitrogens is 2. The Kier molecular flexibility index (Phi) is 4.35. The Morgan fingerprint density at radius 3 is 2.52 bits per heavy atom. The highest BCUT2D eigenvalue weighted by Gasteiger charge is 2.30. The zero-order valence-electron chi connectivity index (χ0n) is 15.8. The number of amides is 1. The fourth-order valence-electron chi connectivity index (χ4n) is 4.13. The van der Waals surface area contributed by atoms with Crippen molar-refractivity contribution in [2.24, 2.45) is 0 Å². The van der Waals surface area contributed by atoms with E-state index < -0.39 is 0 Å². The quantitative estimate of drug-likeness (QED) is 0.523. The van der Waals surface area contributed by atoms with Crippen LogP contribution in [-0.2, 0) is 19.5 Å². The van der Waals surface area contributed by atoms with Crippen LogP contribution in [0, 0.1) is 5.82 Å². The van der Waals surface area contributed by atoms with Gasteiger partial charge in [-0.15, -0.1) is 0 Å². The minimum absolute atomic E-state index is 0.0138. The summed E-state index contributed by atoms with van der Waals surface area (Å²) in [7, 11) is 0. The Labute approximate surface area is 168 Å². The molecule has 0 spiro atoms. The molecule has 2 heterocycles. The van der Waals surface area contributed by atoms with Crippen LogP contribution in [0.15, 0.2) is 79.1 Å². The van der Waals surface area contributed by atoms with Crippen molar-refractivity contribution in [2.45, 2.75) is 25.6 Å². The average molecular weight is 385 g/mol. The monoisotopic (exact) mass is 385 g/mol. The van der Waals surface area contributed by atoms with Crippen molar-refractivity contribution < 1.29 is 9.18 Å². The van der Waals surface area contributed by atoms with Crippen LogP contribution in [0.3, 0.4) is 0 Å². The van der Waals surface area contributed by atoms with E-state index in [-0.39, 0.29) is 17.8 Å². The van der Waals surface area contributed by atoms with Crippen LogP contribution in [0.25, 0.3) is 11.0 Å². The summed E-state index contributed by atoms with van der Waals surface area (Å²) in [4.78, 5) is 19.7.